The molecule has 7 nitrogen and oxygen atoms in total. The van der Waals surface area contributed by atoms with Crippen LogP contribution in [0.1, 0.15) is 18.5 Å². The number of pyridine rings is 1. The Hall–Kier alpha value is -3.50. The predicted molar refractivity (Wildman–Crippen MR) is 106 cm³/mol. The standard InChI is InChI=1S/C21H20N6O/c22-10-16-7-8-17(13-24-16)27-21-25-11-15(12-26-21)19-5-1-2-6-20(19)28-18-4-3-9-23-14-18/h1-2,5-8,11-13,18,23H,3-4,9,14H2,(H,25,26,27). The second-order valence-electron chi connectivity index (χ2n) is 6.55. The van der Waals surface area contributed by atoms with Crippen LogP contribution in [-0.4, -0.2) is 34.1 Å². The first-order chi connectivity index (χ1) is 13.8. The molecule has 2 aromatic heterocycles. The number of nitriles is 1. The van der Waals surface area contributed by atoms with Crippen molar-refractivity contribution in [2.24, 2.45) is 0 Å². The Morgan fingerprint density at radius 1 is 1.07 bits per heavy atom. The summed E-state index contributed by atoms with van der Waals surface area (Å²) in [6, 6.07) is 13.4. The lowest BCUT2D eigenvalue weighted by Gasteiger charge is -2.25. The lowest BCUT2D eigenvalue weighted by atomic mass is 10.1. The fourth-order valence-electron chi connectivity index (χ4n) is 3.10. The summed E-state index contributed by atoms with van der Waals surface area (Å²) in [5.74, 6) is 1.31. The number of para-hydroxylation sites is 1. The van der Waals surface area contributed by atoms with Gasteiger partial charge in [0.05, 0.1) is 11.9 Å². The van der Waals surface area contributed by atoms with Crippen molar-refractivity contribution in [3.05, 3.63) is 60.7 Å². The Kier molecular flexibility index (Phi) is 5.41. The highest BCUT2D eigenvalue weighted by Crippen LogP contribution is 2.30. The van der Waals surface area contributed by atoms with E-state index < -0.39 is 0 Å². The third kappa shape index (κ3) is 4.24. The maximum Gasteiger partial charge on any atom is 0.227 e. The maximum atomic E-state index is 8.81. The molecule has 0 spiro atoms. The fraction of sp³-hybridized carbons (Fsp3) is 0.238. The minimum Gasteiger partial charge on any atom is -0.488 e. The van der Waals surface area contributed by atoms with Crippen LogP contribution in [0.5, 0.6) is 5.75 Å². The molecule has 0 bridgehead atoms. The van der Waals surface area contributed by atoms with Gasteiger partial charge < -0.3 is 15.4 Å². The van der Waals surface area contributed by atoms with Gasteiger partial charge in [0, 0.05) is 30.1 Å². The average Bonchev–Trinajstić information content (AvgIpc) is 2.76. The van der Waals surface area contributed by atoms with Gasteiger partial charge in [-0.3, -0.25) is 0 Å². The molecule has 0 aliphatic carbocycles. The van der Waals surface area contributed by atoms with Gasteiger partial charge in [-0.05, 0) is 37.6 Å². The van der Waals surface area contributed by atoms with E-state index in [0.717, 1.165) is 48.5 Å². The molecule has 1 atom stereocenters. The van der Waals surface area contributed by atoms with Crippen molar-refractivity contribution in [1.82, 2.24) is 20.3 Å². The van der Waals surface area contributed by atoms with Crippen LogP contribution in [0.25, 0.3) is 11.1 Å². The average molecular weight is 372 g/mol. The van der Waals surface area contributed by atoms with E-state index in [0.29, 0.717) is 11.6 Å². The van der Waals surface area contributed by atoms with Gasteiger partial charge in [0.15, 0.2) is 0 Å². The minimum absolute atomic E-state index is 0.181. The summed E-state index contributed by atoms with van der Waals surface area (Å²) in [5.41, 5.74) is 2.95. The third-order valence-corrected chi connectivity index (χ3v) is 4.53. The molecule has 1 unspecified atom stereocenters. The number of hydrogen-bond acceptors (Lipinski definition) is 7. The molecular formula is C21H20N6O. The van der Waals surface area contributed by atoms with Crippen LogP contribution in [0.15, 0.2) is 55.0 Å². The lowest BCUT2D eigenvalue weighted by molar-refractivity contribution is 0.168. The summed E-state index contributed by atoms with van der Waals surface area (Å²) in [6.45, 7) is 1.92. The van der Waals surface area contributed by atoms with Crippen molar-refractivity contribution in [3.63, 3.8) is 0 Å². The molecule has 4 rings (SSSR count). The van der Waals surface area contributed by atoms with Crippen LogP contribution in [0.3, 0.4) is 0 Å². The molecule has 3 heterocycles. The molecule has 1 fully saturated rings. The highest BCUT2D eigenvalue weighted by Gasteiger charge is 2.16. The number of hydrogen-bond donors (Lipinski definition) is 2. The molecule has 2 N–H and O–H groups in total. The number of nitrogens with one attached hydrogen (secondary N) is 2. The Morgan fingerprint density at radius 2 is 1.93 bits per heavy atom. The third-order valence-electron chi connectivity index (χ3n) is 4.53. The van der Waals surface area contributed by atoms with E-state index in [1.165, 1.54) is 0 Å². The smallest absolute Gasteiger partial charge is 0.227 e. The van der Waals surface area contributed by atoms with E-state index in [-0.39, 0.29) is 6.10 Å². The highest BCUT2D eigenvalue weighted by atomic mass is 16.5. The van der Waals surface area contributed by atoms with Crippen LogP contribution in [0.4, 0.5) is 11.6 Å². The number of aromatic nitrogens is 3. The van der Waals surface area contributed by atoms with Gasteiger partial charge in [-0.2, -0.15) is 5.26 Å². The molecule has 3 aromatic rings. The van der Waals surface area contributed by atoms with E-state index >= 15 is 0 Å². The first-order valence-corrected chi connectivity index (χ1v) is 9.24. The minimum atomic E-state index is 0.181. The molecule has 0 saturated carbocycles. The predicted octanol–water partition coefficient (Wildman–Crippen LogP) is 3.28. The first-order valence-electron chi connectivity index (χ1n) is 9.24. The van der Waals surface area contributed by atoms with E-state index in [2.05, 4.69) is 25.6 Å². The SMILES string of the molecule is N#Cc1ccc(Nc2ncc(-c3ccccc3OC3CCCNC3)cn2)cn1. The zero-order chi connectivity index (χ0) is 19.2. The summed E-state index contributed by atoms with van der Waals surface area (Å²) < 4.78 is 6.22. The van der Waals surface area contributed by atoms with Gasteiger partial charge in [0.25, 0.3) is 0 Å². The van der Waals surface area contributed by atoms with Crippen LogP contribution >= 0.6 is 0 Å². The van der Waals surface area contributed by atoms with Crippen LogP contribution < -0.4 is 15.4 Å². The second kappa shape index (κ2) is 8.46. The zero-order valence-corrected chi connectivity index (χ0v) is 15.3. The number of rotatable bonds is 5. The summed E-state index contributed by atoms with van der Waals surface area (Å²) >= 11 is 0. The van der Waals surface area contributed by atoms with Crippen molar-refractivity contribution in [3.8, 4) is 22.9 Å². The van der Waals surface area contributed by atoms with Gasteiger partial charge >= 0.3 is 0 Å². The van der Waals surface area contributed by atoms with Gasteiger partial charge in [-0.15, -0.1) is 0 Å². The molecule has 0 radical (unpaired) electrons. The molecule has 1 aliphatic rings. The highest BCUT2D eigenvalue weighted by molar-refractivity contribution is 5.69. The lowest BCUT2D eigenvalue weighted by Crippen LogP contribution is -2.37. The molecule has 1 aliphatic heterocycles. The summed E-state index contributed by atoms with van der Waals surface area (Å²) in [5, 5.41) is 15.3. The van der Waals surface area contributed by atoms with Crippen molar-refractivity contribution >= 4 is 11.6 Å². The summed E-state index contributed by atoms with van der Waals surface area (Å²) in [7, 11) is 0. The van der Waals surface area contributed by atoms with E-state index in [1.54, 1.807) is 30.7 Å². The van der Waals surface area contributed by atoms with E-state index in [9.17, 15) is 0 Å². The van der Waals surface area contributed by atoms with Gasteiger partial charge in [-0.1, -0.05) is 18.2 Å². The molecule has 140 valence electrons. The Bertz CT molecular complexity index is 959. The molecular weight excluding hydrogens is 352 g/mol. The van der Waals surface area contributed by atoms with E-state index in [4.69, 9.17) is 10.00 Å². The van der Waals surface area contributed by atoms with Crippen molar-refractivity contribution < 1.29 is 4.74 Å². The van der Waals surface area contributed by atoms with Crippen molar-refractivity contribution in [1.29, 1.82) is 5.26 Å². The largest absolute Gasteiger partial charge is 0.488 e. The number of nitrogens with zero attached hydrogens (tertiary/aromatic N) is 4. The molecule has 1 saturated heterocycles. The van der Waals surface area contributed by atoms with Crippen LogP contribution in [0.2, 0.25) is 0 Å². The number of anilines is 2. The Labute approximate surface area is 163 Å². The quantitative estimate of drug-likeness (QED) is 0.709. The first kappa shape index (κ1) is 17.9. The van der Waals surface area contributed by atoms with Crippen LogP contribution in [-0.2, 0) is 0 Å². The monoisotopic (exact) mass is 372 g/mol. The topological polar surface area (TPSA) is 95.8 Å². The zero-order valence-electron chi connectivity index (χ0n) is 15.3. The van der Waals surface area contributed by atoms with Gasteiger partial charge in [0.1, 0.15) is 23.6 Å². The molecule has 1 aromatic carbocycles. The number of benzene rings is 1. The van der Waals surface area contributed by atoms with Crippen molar-refractivity contribution in [2.75, 3.05) is 18.4 Å². The van der Waals surface area contributed by atoms with Gasteiger partial charge in [-0.25, -0.2) is 15.0 Å². The molecule has 7 heteroatoms. The normalized spacial score (nSPS) is 16.2. The number of piperidine rings is 1. The number of ether oxygens (including phenoxy) is 1. The summed E-state index contributed by atoms with van der Waals surface area (Å²) in [6.07, 6.45) is 7.49. The second-order valence-corrected chi connectivity index (χ2v) is 6.55. The fourth-order valence-corrected chi connectivity index (χ4v) is 3.10. The maximum absolute atomic E-state index is 8.81. The Morgan fingerprint density at radius 3 is 2.64 bits per heavy atom. The molecule has 28 heavy (non-hydrogen) atoms. The molecule has 0 amide bonds. The van der Waals surface area contributed by atoms with Gasteiger partial charge in [0.2, 0.25) is 5.95 Å². The van der Waals surface area contributed by atoms with Crippen molar-refractivity contribution in [2.45, 2.75) is 18.9 Å². The summed E-state index contributed by atoms with van der Waals surface area (Å²) in [4.78, 5) is 12.8. The van der Waals surface area contributed by atoms with E-state index in [1.807, 2.05) is 30.3 Å². The Balaban J connectivity index is 1.49. The van der Waals surface area contributed by atoms with Crippen LogP contribution in [0, 0.1) is 11.3 Å².